The van der Waals surface area contributed by atoms with Gasteiger partial charge in [-0.2, -0.15) is 0 Å². The zero-order valence-electron chi connectivity index (χ0n) is 10.4. The maximum absolute atomic E-state index is 5.09. The first-order chi connectivity index (χ1) is 8.31. The van der Waals surface area contributed by atoms with Crippen LogP contribution in [0, 0.1) is 0 Å². The summed E-state index contributed by atoms with van der Waals surface area (Å²) in [6, 6.07) is 2.02. The molecule has 0 bridgehead atoms. The van der Waals surface area contributed by atoms with E-state index in [1.807, 2.05) is 24.9 Å². The van der Waals surface area contributed by atoms with Crippen LogP contribution in [0.1, 0.15) is 31.5 Å². The molecule has 0 atom stereocenters. The summed E-state index contributed by atoms with van der Waals surface area (Å²) < 4.78 is 5.09. The van der Waals surface area contributed by atoms with Gasteiger partial charge in [-0.1, -0.05) is 12.8 Å². The van der Waals surface area contributed by atoms with E-state index >= 15 is 0 Å². The lowest BCUT2D eigenvalue weighted by atomic mass is 10.4. The maximum atomic E-state index is 5.09. The Kier molecular flexibility index (Phi) is 4.62. The monoisotopic (exact) mass is 253 g/mol. The van der Waals surface area contributed by atoms with Crippen molar-refractivity contribution in [3.05, 3.63) is 11.9 Å². The van der Waals surface area contributed by atoms with Crippen LogP contribution < -0.4 is 5.32 Å². The molecule has 0 aromatic carbocycles. The number of hydrogen-bond acceptors (Lipinski definition) is 5. The molecule has 0 radical (unpaired) electrons. The van der Waals surface area contributed by atoms with Gasteiger partial charge in [0.15, 0.2) is 5.82 Å². The number of nitrogens with one attached hydrogen (secondary N) is 1. The second kappa shape index (κ2) is 6.21. The molecule has 1 aromatic rings. The highest BCUT2D eigenvalue weighted by atomic mass is 32.2. The number of ether oxygens (including phenoxy) is 1. The van der Waals surface area contributed by atoms with E-state index < -0.39 is 0 Å². The maximum Gasteiger partial charge on any atom is 0.157 e. The van der Waals surface area contributed by atoms with Gasteiger partial charge in [0.25, 0.3) is 0 Å². The van der Waals surface area contributed by atoms with Crippen LogP contribution in [0.25, 0.3) is 0 Å². The molecule has 5 heteroatoms. The summed E-state index contributed by atoms with van der Waals surface area (Å²) in [7, 11) is 3.54. The van der Waals surface area contributed by atoms with Crippen LogP contribution in [-0.2, 0) is 11.3 Å². The summed E-state index contributed by atoms with van der Waals surface area (Å²) in [6.07, 6.45) is 5.32. The average Bonchev–Trinajstić information content (AvgIpc) is 2.82. The van der Waals surface area contributed by atoms with Crippen molar-refractivity contribution >= 4 is 17.6 Å². The lowest BCUT2D eigenvalue weighted by Gasteiger charge is -2.10. The van der Waals surface area contributed by atoms with Crippen LogP contribution in [0.4, 0.5) is 5.82 Å². The Morgan fingerprint density at radius 1 is 1.41 bits per heavy atom. The summed E-state index contributed by atoms with van der Waals surface area (Å²) in [4.78, 5) is 8.88. The van der Waals surface area contributed by atoms with Gasteiger partial charge in [-0.25, -0.2) is 9.97 Å². The van der Waals surface area contributed by atoms with Crippen LogP contribution >= 0.6 is 11.8 Å². The third-order valence-corrected chi connectivity index (χ3v) is 4.12. The molecule has 1 aliphatic carbocycles. The van der Waals surface area contributed by atoms with Gasteiger partial charge < -0.3 is 10.1 Å². The van der Waals surface area contributed by atoms with Crippen LogP contribution in [-0.4, -0.2) is 29.4 Å². The highest BCUT2D eigenvalue weighted by molar-refractivity contribution is 7.99. The Bertz CT molecular complexity index is 367. The van der Waals surface area contributed by atoms with E-state index in [4.69, 9.17) is 4.74 Å². The van der Waals surface area contributed by atoms with Gasteiger partial charge in [-0.05, 0) is 12.8 Å². The molecule has 2 rings (SSSR count). The number of thioether (sulfide) groups is 1. The number of anilines is 1. The Balaban J connectivity index is 2.10. The molecule has 0 saturated heterocycles. The summed E-state index contributed by atoms with van der Waals surface area (Å²) in [5, 5.41) is 4.86. The Morgan fingerprint density at radius 3 is 2.82 bits per heavy atom. The summed E-state index contributed by atoms with van der Waals surface area (Å²) in [5.74, 6) is 1.62. The molecule has 94 valence electrons. The molecule has 0 aliphatic heterocycles. The van der Waals surface area contributed by atoms with Crippen molar-refractivity contribution in [1.29, 1.82) is 0 Å². The quantitative estimate of drug-likeness (QED) is 0.818. The summed E-state index contributed by atoms with van der Waals surface area (Å²) in [6.45, 7) is 0.466. The predicted octanol–water partition coefficient (Wildman–Crippen LogP) is 2.70. The van der Waals surface area contributed by atoms with Crippen LogP contribution in [0.15, 0.2) is 11.1 Å². The Morgan fingerprint density at radius 2 is 2.18 bits per heavy atom. The standard InChI is InChI=1S/C12H19N3OS/c1-13-10-7-12(15-11(14-10)8-16-2)17-9-5-3-4-6-9/h7,9H,3-6,8H2,1-2H3,(H,13,14,15). The Labute approximate surface area is 107 Å². The minimum absolute atomic E-state index is 0.466. The zero-order valence-corrected chi connectivity index (χ0v) is 11.2. The molecular weight excluding hydrogens is 234 g/mol. The largest absolute Gasteiger partial charge is 0.377 e. The Hall–Kier alpha value is -0.810. The van der Waals surface area contributed by atoms with E-state index in [-0.39, 0.29) is 0 Å². The number of nitrogens with zero attached hydrogens (tertiary/aromatic N) is 2. The van der Waals surface area contributed by atoms with E-state index in [0.29, 0.717) is 6.61 Å². The van der Waals surface area contributed by atoms with Gasteiger partial charge in [0.2, 0.25) is 0 Å². The summed E-state index contributed by atoms with van der Waals surface area (Å²) >= 11 is 1.87. The van der Waals surface area contributed by atoms with E-state index in [1.165, 1.54) is 25.7 Å². The molecule has 0 amide bonds. The lowest BCUT2D eigenvalue weighted by Crippen LogP contribution is -2.04. The van der Waals surface area contributed by atoms with Gasteiger partial charge in [-0.3, -0.25) is 0 Å². The van der Waals surface area contributed by atoms with Crippen LogP contribution in [0.2, 0.25) is 0 Å². The average molecular weight is 253 g/mol. The molecule has 17 heavy (non-hydrogen) atoms. The van der Waals surface area contributed by atoms with Crippen molar-refractivity contribution in [3.8, 4) is 0 Å². The van der Waals surface area contributed by atoms with Crippen LogP contribution in [0.3, 0.4) is 0 Å². The first-order valence-electron chi connectivity index (χ1n) is 6.03. The fourth-order valence-corrected chi connectivity index (χ4v) is 3.28. The van der Waals surface area contributed by atoms with Gasteiger partial charge in [0, 0.05) is 25.5 Å². The minimum Gasteiger partial charge on any atom is -0.377 e. The highest BCUT2D eigenvalue weighted by Gasteiger charge is 2.17. The molecule has 1 aromatic heterocycles. The van der Waals surface area contributed by atoms with Crippen molar-refractivity contribution in [2.24, 2.45) is 0 Å². The van der Waals surface area contributed by atoms with E-state index in [0.717, 1.165) is 21.9 Å². The number of rotatable bonds is 5. The highest BCUT2D eigenvalue weighted by Crippen LogP contribution is 2.34. The smallest absolute Gasteiger partial charge is 0.157 e. The SMILES string of the molecule is CNc1cc(SC2CCCC2)nc(COC)n1. The molecule has 0 spiro atoms. The van der Waals surface area contributed by atoms with E-state index in [1.54, 1.807) is 7.11 Å². The van der Waals surface area contributed by atoms with Gasteiger partial charge in [-0.15, -0.1) is 11.8 Å². The third-order valence-electron chi connectivity index (χ3n) is 2.87. The van der Waals surface area contributed by atoms with E-state index in [9.17, 15) is 0 Å². The van der Waals surface area contributed by atoms with Gasteiger partial charge in [0.05, 0.1) is 0 Å². The molecule has 1 saturated carbocycles. The van der Waals surface area contributed by atoms with Crippen molar-refractivity contribution < 1.29 is 4.74 Å². The molecule has 0 unspecified atom stereocenters. The second-order valence-electron chi connectivity index (χ2n) is 4.21. The molecule has 1 aliphatic rings. The normalized spacial score (nSPS) is 16.4. The molecule has 1 heterocycles. The molecule has 1 fully saturated rings. The molecular formula is C12H19N3OS. The predicted molar refractivity (Wildman–Crippen MR) is 70.4 cm³/mol. The third kappa shape index (κ3) is 3.57. The van der Waals surface area contributed by atoms with Gasteiger partial charge >= 0.3 is 0 Å². The number of hydrogen-bond donors (Lipinski definition) is 1. The zero-order chi connectivity index (χ0) is 12.1. The molecule has 4 nitrogen and oxygen atoms in total. The first kappa shape index (κ1) is 12.6. The minimum atomic E-state index is 0.466. The topological polar surface area (TPSA) is 47.0 Å². The molecule has 1 N–H and O–H groups in total. The van der Waals surface area contributed by atoms with Gasteiger partial charge in [0.1, 0.15) is 17.5 Å². The lowest BCUT2D eigenvalue weighted by molar-refractivity contribution is 0.177. The van der Waals surface area contributed by atoms with Crippen molar-refractivity contribution in [1.82, 2.24) is 9.97 Å². The summed E-state index contributed by atoms with van der Waals surface area (Å²) in [5.41, 5.74) is 0. The second-order valence-corrected chi connectivity index (χ2v) is 5.54. The number of methoxy groups -OCH3 is 1. The fourth-order valence-electron chi connectivity index (χ4n) is 2.03. The first-order valence-corrected chi connectivity index (χ1v) is 6.91. The van der Waals surface area contributed by atoms with Crippen molar-refractivity contribution in [2.75, 3.05) is 19.5 Å². The van der Waals surface area contributed by atoms with Crippen LogP contribution in [0.5, 0.6) is 0 Å². The fraction of sp³-hybridized carbons (Fsp3) is 0.667. The van der Waals surface area contributed by atoms with E-state index in [2.05, 4.69) is 15.3 Å². The number of aromatic nitrogens is 2. The van der Waals surface area contributed by atoms with Crippen molar-refractivity contribution in [2.45, 2.75) is 42.6 Å². The van der Waals surface area contributed by atoms with Crippen molar-refractivity contribution in [3.63, 3.8) is 0 Å².